The summed E-state index contributed by atoms with van der Waals surface area (Å²) in [6, 6.07) is 8.13. The summed E-state index contributed by atoms with van der Waals surface area (Å²) < 4.78 is 7.75. The summed E-state index contributed by atoms with van der Waals surface area (Å²) in [4.78, 5) is 0. The number of aryl methyl sites for hydroxylation is 2. The Morgan fingerprint density at radius 3 is 2.79 bits per heavy atom. The molecule has 0 amide bonds. The smallest absolute Gasteiger partial charge is 0.124 e. The Hall–Kier alpha value is -1.81. The van der Waals surface area contributed by atoms with E-state index in [4.69, 9.17) is 10.5 Å². The van der Waals surface area contributed by atoms with Gasteiger partial charge in [0.25, 0.3) is 0 Å². The number of rotatable bonds is 5. The molecule has 0 saturated carbocycles. The van der Waals surface area contributed by atoms with Crippen molar-refractivity contribution in [1.82, 2.24) is 9.78 Å². The quantitative estimate of drug-likeness (QED) is 0.897. The normalized spacial score (nSPS) is 12.4. The minimum absolute atomic E-state index is 0.0210. The van der Waals surface area contributed by atoms with E-state index < -0.39 is 0 Å². The number of hydrogen-bond acceptors (Lipinski definition) is 3. The molecule has 2 N–H and O–H groups in total. The Balaban J connectivity index is 2.03. The summed E-state index contributed by atoms with van der Waals surface area (Å²) in [6.45, 7) is 4.65. The van der Waals surface area contributed by atoms with Crippen LogP contribution in [0.15, 0.2) is 30.5 Å². The van der Waals surface area contributed by atoms with Crippen molar-refractivity contribution in [3.63, 3.8) is 0 Å². The van der Waals surface area contributed by atoms with Gasteiger partial charge in [-0.1, -0.05) is 12.1 Å². The second-order valence-electron chi connectivity index (χ2n) is 4.87. The molecule has 1 aromatic carbocycles. The zero-order chi connectivity index (χ0) is 13.8. The van der Waals surface area contributed by atoms with Gasteiger partial charge in [0, 0.05) is 37.0 Å². The van der Waals surface area contributed by atoms with Gasteiger partial charge in [-0.05, 0) is 31.5 Å². The molecule has 0 radical (unpaired) electrons. The van der Waals surface area contributed by atoms with Gasteiger partial charge in [-0.25, -0.2) is 0 Å². The minimum Gasteiger partial charge on any atom is -0.493 e. The molecular formula is C15H21N3O. The van der Waals surface area contributed by atoms with E-state index in [9.17, 15) is 0 Å². The first kappa shape index (κ1) is 13.6. The van der Waals surface area contributed by atoms with Crippen LogP contribution in [0, 0.1) is 6.92 Å². The Bertz CT molecular complexity index is 546. The van der Waals surface area contributed by atoms with Crippen molar-refractivity contribution in [2.75, 3.05) is 6.61 Å². The number of nitrogens with zero attached hydrogens (tertiary/aromatic N) is 2. The molecule has 0 bridgehead atoms. The fourth-order valence-electron chi connectivity index (χ4n) is 2.05. The molecule has 0 saturated heterocycles. The van der Waals surface area contributed by atoms with Crippen LogP contribution in [0.25, 0.3) is 0 Å². The average Bonchev–Trinajstić information content (AvgIpc) is 2.75. The van der Waals surface area contributed by atoms with Crippen LogP contribution in [0.2, 0.25) is 0 Å². The predicted molar refractivity (Wildman–Crippen MR) is 76.2 cm³/mol. The molecule has 1 atom stereocenters. The summed E-state index contributed by atoms with van der Waals surface area (Å²) in [7, 11) is 1.94. The van der Waals surface area contributed by atoms with Crippen molar-refractivity contribution in [2.45, 2.75) is 26.3 Å². The molecule has 4 heteroatoms. The zero-order valence-electron chi connectivity index (χ0n) is 11.8. The lowest BCUT2D eigenvalue weighted by molar-refractivity contribution is 0.313. The van der Waals surface area contributed by atoms with E-state index >= 15 is 0 Å². The third-order valence-corrected chi connectivity index (χ3v) is 3.20. The Morgan fingerprint density at radius 1 is 1.37 bits per heavy atom. The van der Waals surface area contributed by atoms with Crippen LogP contribution in [0.4, 0.5) is 0 Å². The maximum Gasteiger partial charge on any atom is 0.124 e. The molecular weight excluding hydrogens is 238 g/mol. The van der Waals surface area contributed by atoms with E-state index in [0.29, 0.717) is 6.61 Å². The van der Waals surface area contributed by atoms with Gasteiger partial charge in [-0.15, -0.1) is 0 Å². The molecule has 0 aliphatic rings. The fourth-order valence-corrected chi connectivity index (χ4v) is 2.05. The lowest BCUT2D eigenvalue weighted by Gasteiger charge is -2.14. The van der Waals surface area contributed by atoms with Crippen LogP contribution in [0.1, 0.15) is 29.8 Å². The molecule has 1 heterocycles. The Labute approximate surface area is 114 Å². The third-order valence-electron chi connectivity index (χ3n) is 3.20. The van der Waals surface area contributed by atoms with Crippen LogP contribution in [-0.2, 0) is 13.5 Å². The van der Waals surface area contributed by atoms with Crippen molar-refractivity contribution in [3.05, 3.63) is 47.3 Å². The highest BCUT2D eigenvalue weighted by Crippen LogP contribution is 2.25. The SMILES string of the molecule is Cc1ccc([C@@H](C)N)c(OCCc2ccnn2C)c1. The Kier molecular flexibility index (Phi) is 4.22. The zero-order valence-corrected chi connectivity index (χ0v) is 11.8. The summed E-state index contributed by atoms with van der Waals surface area (Å²) in [5.41, 5.74) is 9.35. The van der Waals surface area contributed by atoms with Crippen LogP contribution in [0.5, 0.6) is 5.75 Å². The van der Waals surface area contributed by atoms with Crippen molar-refractivity contribution in [1.29, 1.82) is 0 Å². The topological polar surface area (TPSA) is 53.1 Å². The van der Waals surface area contributed by atoms with E-state index in [1.807, 2.05) is 36.9 Å². The summed E-state index contributed by atoms with van der Waals surface area (Å²) in [6.07, 6.45) is 2.64. The summed E-state index contributed by atoms with van der Waals surface area (Å²) >= 11 is 0. The first-order chi connectivity index (χ1) is 9.08. The van der Waals surface area contributed by atoms with Gasteiger partial charge >= 0.3 is 0 Å². The lowest BCUT2D eigenvalue weighted by atomic mass is 10.1. The molecule has 102 valence electrons. The van der Waals surface area contributed by atoms with Gasteiger partial charge in [0.1, 0.15) is 5.75 Å². The molecule has 0 spiro atoms. The highest BCUT2D eigenvalue weighted by molar-refractivity contribution is 5.38. The highest BCUT2D eigenvalue weighted by atomic mass is 16.5. The number of ether oxygens (including phenoxy) is 1. The van der Waals surface area contributed by atoms with Gasteiger partial charge in [0.15, 0.2) is 0 Å². The van der Waals surface area contributed by atoms with Gasteiger partial charge < -0.3 is 10.5 Å². The van der Waals surface area contributed by atoms with Gasteiger partial charge in [-0.2, -0.15) is 5.10 Å². The van der Waals surface area contributed by atoms with Crippen LogP contribution < -0.4 is 10.5 Å². The van der Waals surface area contributed by atoms with Crippen molar-refractivity contribution in [3.8, 4) is 5.75 Å². The van der Waals surface area contributed by atoms with Gasteiger partial charge in [0.2, 0.25) is 0 Å². The fraction of sp³-hybridized carbons (Fsp3) is 0.400. The van der Waals surface area contributed by atoms with Crippen LogP contribution >= 0.6 is 0 Å². The number of nitrogens with two attached hydrogens (primary N) is 1. The van der Waals surface area contributed by atoms with Crippen LogP contribution in [0.3, 0.4) is 0 Å². The summed E-state index contributed by atoms with van der Waals surface area (Å²) in [5, 5.41) is 4.14. The number of hydrogen-bond donors (Lipinski definition) is 1. The maximum absolute atomic E-state index is 5.96. The molecule has 0 fully saturated rings. The van der Waals surface area contributed by atoms with Crippen molar-refractivity contribution in [2.24, 2.45) is 12.8 Å². The standard InChI is InChI=1S/C15H21N3O/c1-11-4-5-14(12(2)16)15(10-11)19-9-7-13-6-8-17-18(13)3/h4-6,8,10,12H,7,9,16H2,1-3H3/t12-/m1/s1. The molecule has 0 aliphatic carbocycles. The van der Waals surface area contributed by atoms with E-state index in [0.717, 1.165) is 23.4 Å². The molecule has 2 rings (SSSR count). The van der Waals surface area contributed by atoms with Crippen LogP contribution in [-0.4, -0.2) is 16.4 Å². The third kappa shape index (κ3) is 3.35. The number of benzene rings is 1. The first-order valence-corrected chi connectivity index (χ1v) is 6.53. The van der Waals surface area contributed by atoms with E-state index in [2.05, 4.69) is 18.1 Å². The largest absolute Gasteiger partial charge is 0.493 e. The molecule has 19 heavy (non-hydrogen) atoms. The van der Waals surface area contributed by atoms with Gasteiger partial charge in [-0.3, -0.25) is 4.68 Å². The molecule has 0 aliphatic heterocycles. The Morgan fingerprint density at radius 2 is 2.16 bits per heavy atom. The second kappa shape index (κ2) is 5.89. The number of aromatic nitrogens is 2. The first-order valence-electron chi connectivity index (χ1n) is 6.53. The molecule has 1 aromatic heterocycles. The van der Waals surface area contributed by atoms with E-state index in [1.165, 1.54) is 5.56 Å². The minimum atomic E-state index is -0.0210. The average molecular weight is 259 g/mol. The second-order valence-corrected chi connectivity index (χ2v) is 4.87. The van der Waals surface area contributed by atoms with Gasteiger partial charge in [0.05, 0.1) is 6.61 Å². The molecule has 0 unspecified atom stereocenters. The monoisotopic (exact) mass is 259 g/mol. The predicted octanol–water partition coefficient (Wildman–Crippen LogP) is 2.37. The molecule has 2 aromatic rings. The van der Waals surface area contributed by atoms with Crippen molar-refractivity contribution >= 4 is 0 Å². The molecule has 4 nitrogen and oxygen atoms in total. The van der Waals surface area contributed by atoms with Crippen molar-refractivity contribution < 1.29 is 4.74 Å². The lowest BCUT2D eigenvalue weighted by Crippen LogP contribution is -2.11. The highest BCUT2D eigenvalue weighted by Gasteiger charge is 2.08. The van der Waals surface area contributed by atoms with E-state index in [1.54, 1.807) is 6.20 Å². The van der Waals surface area contributed by atoms with E-state index in [-0.39, 0.29) is 6.04 Å². The maximum atomic E-state index is 5.96. The summed E-state index contributed by atoms with van der Waals surface area (Å²) in [5.74, 6) is 0.886.